The molecule has 2 aromatic carbocycles. The third-order valence-corrected chi connectivity index (χ3v) is 4.46. The van der Waals surface area contributed by atoms with Gasteiger partial charge in [0.1, 0.15) is 11.5 Å². The van der Waals surface area contributed by atoms with Crippen LogP contribution in [0.4, 0.5) is 4.39 Å². The minimum atomic E-state index is -0.412. The zero-order valence-electron chi connectivity index (χ0n) is 14.3. The SMILES string of the molecule is Cc1ccc(F)c(CC(N)c2ccccc2-c2noc3ccccc23)n1. The molecule has 4 rings (SSSR count). The first kappa shape index (κ1) is 16.4. The number of benzene rings is 2. The molecule has 0 radical (unpaired) electrons. The van der Waals surface area contributed by atoms with Gasteiger partial charge in [0.05, 0.1) is 5.69 Å². The van der Waals surface area contributed by atoms with E-state index in [9.17, 15) is 4.39 Å². The van der Waals surface area contributed by atoms with Crippen LogP contribution >= 0.6 is 0 Å². The number of para-hydroxylation sites is 1. The maximum absolute atomic E-state index is 14.1. The van der Waals surface area contributed by atoms with Crippen LogP contribution in [0.1, 0.15) is 23.0 Å². The van der Waals surface area contributed by atoms with E-state index in [1.54, 1.807) is 6.07 Å². The molecule has 2 N–H and O–H groups in total. The molecule has 0 amide bonds. The summed E-state index contributed by atoms with van der Waals surface area (Å²) in [6.45, 7) is 1.84. The van der Waals surface area contributed by atoms with Crippen molar-refractivity contribution in [2.75, 3.05) is 0 Å². The predicted octanol–water partition coefficient (Wildman–Crippen LogP) is 4.58. The van der Waals surface area contributed by atoms with E-state index in [0.29, 0.717) is 12.1 Å². The predicted molar refractivity (Wildman–Crippen MR) is 99.0 cm³/mol. The second-order valence-electron chi connectivity index (χ2n) is 6.31. The highest BCUT2D eigenvalue weighted by Crippen LogP contribution is 2.33. The van der Waals surface area contributed by atoms with Crippen LogP contribution in [0.15, 0.2) is 65.2 Å². The number of hydrogen-bond acceptors (Lipinski definition) is 4. The van der Waals surface area contributed by atoms with E-state index < -0.39 is 6.04 Å². The van der Waals surface area contributed by atoms with Crippen LogP contribution in [0.3, 0.4) is 0 Å². The summed E-state index contributed by atoms with van der Waals surface area (Å²) in [4.78, 5) is 4.29. The van der Waals surface area contributed by atoms with Crippen molar-refractivity contribution in [3.8, 4) is 11.3 Å². The molecule has 5 heteroatoms. The number of fused-ring (bicyclic) bond motifs is 1. The van der Waals surface area contributed by atoms with Gasteiger partial charge in [0.15, 0.2) is 5.58 Å². The molecule has 1 atom stereocenters. The fourth-order valence-corrected chi connectivity index (χ4v) is 3.17. The Balaban J connectivity index is 1.75. The summed E-state index contributed by atoms with van der Waals surface area (Å²) in [6.07, 6.45) is 0.306. The lowest BCUT2D eigenvalue weighted by molar-refractivity contribution is 0.459. The van der Waals surface area contributed by atoms with E-state index in [4.69, 9.17) is 10.3 Å². The molecular formula is C21H18FN3O. The number of halogens is 1. The molecule has 0 bridgehead atoms. The highest BCUT2D eigenvalue weighted by molar-refractivity contribution is 5.92. The fourth-order valence-electron chi connectivity index (χ4n) is 3.17. The number of hydrogen-bond donors (Lipinski definition) is 1. The van der Waals surface area contributed by atoms with Gasteiger partial charge in [-0.05, 0) is 36.8 Å². The molecule has 0 aliphatic carbocycles. The van der Waals surface area contributed by atoms with Crippen molar-refractivity contribution >= 4 is 11.0 Å². The maximum Gasteiger partial charge on any atom is 0.167 e. The molecular weight excluding hydrogens is 329 g/mol. The lowest BCUT2D eigenvalue weighted by atomic mass is 9.94. The number of aromatic nitrogens is 2. The van der Waals surface area contributed by atoms with Crippen molar-refractivity contribution in [1.29, 1.82) is 0 Å². The number of rotatable bonds is 4. The molecule has 2 aromatic heterocycles. The summed E-state index contributed by atoms with van der Waals surface area (Å²) in [7, 11) is 0. The molecule has 0 spiro atoms. The van der Waals surface area contributed by atoms with Gasteiger partial charge in [-0.3, -0.25) is 4.98 Å². The summed E-state index contributed by atoms with van der Waals surface area (Å²) in [5.41, 5.74) is 10.8. The molecule has 4 aromatic rings. The molecule has 2 heterocycles. The third kappa shape index (κ3) is 2.97. The van der Waals surface area contributed by atoms with Crippen molar-refractivity contribution in [3.05, 3.63) is 83.4 Å². The Hall–Kier alpha value is -3.05. The van der Waals surface area contributed by atoms with E-state index in [-0.39, 0.29) is 5.82 Å². The van der Waals surface area contributed by atoms with Gasteiger partial charge in [-0.15, -0.1) is 0 Å². The summed E-state index contributed by atoms with van der Waals surface area (Å²) < 4.78 is 19.5. The summed E-state index contributed by atoms with van der Waals surface area (Å²) in [6, 6.07) is 18.1. The lowest BCUT2D eigenvalue weighted by Gasteiger charge is -2.16. The second kappa shape index (κ2) is 6.69. The van der Waals surface area contributed by atoms with Crippen LogP contribution in [0.2, 0.25) is 0 Å². The number of pyridine rings is 1. The Labute approximate surface area is 150 Å². The highest BCUT2D eigenvalue weighted by Gasteiger charge is 2.19. The van der Waals surface area contributed by atoms with Gasteiger partial charge in [-0.2, -0.15) is 0 Å². The van der Waals surface area contributed by atoms with Crippen molar-refractivity contribution in [2.45, 2.75) is 19.4 Å². The third-order valence-electron chi connectivity index (χ3n) is 4.46. The molecule has 0 aliphatic heterocycles. The monoisotopic (exact) mass is 347 g/mol. The Bertz CT molecular complexity index is 1070. The van der Waals surface area contributed by atoms with Crippen LogP contribution in [-0.2, 0) is 6.42 Å². The Morgan fingerprint density at radius 2 is 1.81 bits per heavy atom. The smallest absolute Gasteiger partial charge is 0.167 e. The quantitative estimate of drug-likeness (QED) is 0.587. The van der Waals surface area contributed by atoms with Crippen LogP contribution in [0, 0.1) is 12.7 Å². The van der Waals surface area contributed by atoms with Gasteiger partial charge >= 0.3 is 0 Å². The molecule has 26 heavy (non-hydrogen) atoms. The number of aryl methyl sites for hydroxylation is 1. The number of nitrogens with two attached hydrogens (primary N) is 1. The van der Waals surface area contributed by atoms with E-state index in [1.807, 2.05) is 55.5 Å². The van der Waals surface area contributed by atoms with E-state index in [0.717, 1.165) is 33.5 Å². The van der Waals surface area contributed by atoms with Crippen LogP contribution in [0.5, 0.6) is 0 Å². The van der Waals surface area contributed by atoms with E-state index >= 15 is 0 Å². The minimum absolute atomic E-state index is 0.306. The van der Waals surface area contributed by atoms with E-state index in [1.165, 1.54) is 6.07 Å². The summed E-state index contributed by atoms with van der Waals surface area (Å²) in [5, 5.41) is 5.15. The molecule has 0 saturated heterocycles. The van der Waals surface area contributed by atoms with Crippen LogP contribution < -0.4 is 5.73 Å². The zero-order chi connectivity index (χ0) is 18.1. The van der Waals surface area contributed by atoms with Crippen molar-refractivity contribution in [3.63, 3.8) is 0 Å². The minimum Gasteiger partial charge on any atom is -0.356 e. The van der Waals surface area contributed by atoms with Gasteiger partial charge in [0.25, 0.3) is 0 Å². The maximum atomic E-state index is 14.1. The van der Waals surface area contributed by atoms with Gasteiger partial charge in [-0.25, -0.2) is 4.39 Å². The Morgan fingerprint density at radius 3 is 2.69 bits per heavy atom. The first-order chi connectivity index (χ1) is 12.6. The highest BCUT2D eigenvalue weighted by atomic mass is 19.1. The van der Waals surface area contributed by atoms with Gasteiger partial charge in [-0.1, -0.05) is 41.6 Å². The summed E-state index contributed by atoms with van der Waals surface area (Å²) in [5.74, 6) is -0.338. The van der Waals surface area contributed by atoms with E-state index in [2.05, 4.69) is 10.1 Å². The van der Waals surface area contributed by atoms with Crippen molar-refractivity contribution in [2.24, 2.45) is 5.73 Å². The molecule has 1 unspecified atom stereocenters. The van der Waals surface area contributed by atoms with Gasteiger partial charge < -0.3 is 10.3 Å². The molecule has 0 saturated carbocycles. The standard InChI is InChI=1S/C21H18FN3O/c1-13-10-11-17(22)19(24-13)12-18(23)14-6-2-3-7-15(14)21-16-8-4-5-9-20(16)26-25-21/h2-11,18H,12,23H2,1H3. The molecule has 130 valence electrons. The van der Waals surface area contributed by atoms with Gasteiger partial charge in [0.2, 0.25) is 0 Å². The Morgan fingerprint density at radius 1 is 1.04 bits per heavy atom. The van der Waals surface area contributed by atoms with Crippen molar-refractivity contribution < 1.29 is 8.91 Å². The average Bonchev–Trinajstić information content (AvgIpc) is 3.08. The first-order valence-corrected chi connectivity index (χ1v) is 8.45. The largest absolute Gasteiger partial charge is 0.356 e. The molecule has 0 aliphatic rings. The molecule has 4 nitrogen and oxygen atoms in total. The zero-order valence-corrected chi connectivity index (χ0v) is 14.3. The Kier molecular flexibility index (Phi) is 4.22. The summed E-state index contributed by atoms with van der Waals surface area (Å²) >= 11 is 0. The second-order valence-corrected chi connectivity index (χ2v) is 6.31. The first-order valence-electron chi connectivity index (χ1n) is 8.45. The molecule has 0 fully saturated rings. The number of nitrogens with zero attached hydrogens (tertiary/aromatic N) is 2. The van der Waals surface area contributed by atoms with Crippen LogP contribution in [-0.4, -0.2) is 10.1 Å². The van der Waals surface area contributed by atoms with Gasteiger partial charge in [0, 0.05) is 29.1 Å². The average molecular weight is 347 g/mol. The topological polar surface area (TPSA) is 64.9 Å². The normalized spacial score (nSPS) is 12.4. The van der Waals surface area contributed by atoms with Crippen molar-refractivity contribution in [1.82, 2.24) is 10.1 Å². The lowest BCUT2D eigenvalue weighted by Crippen LogP contribution is -2.16. The fraction of sp³-hybridized carbons (Fsp3) is 0.143. The van der Waals surface area contributed by atoms with Crippen LogP contribution in [0.25, 0.3) is 22.2 Å².